The van der Waals surface area contributed by atoms with Gasteiger partial charge >= 0.3 is 5.97 Å². The van der Waals surface area contributed by atoms with Gasteiger partial charge in [-0.15, -0.1) is 22.7 Å². The molecule has 0 amide bonds. The number of aryl methyl sites for hydroxylation is 1. The van der Waals surface area contributed by atoms with Crippen LogP contribution >= 0.6 is 22.7 Å². The van der Waals surface area contributed by atoms with Crippen LogP contribution in [0.25, 0.3) is 10.2 Å². The van der Waals surface area contributed by atoms with E-state index in [-0.39, 0.29) is 17.4 Å². The number of thiophene rings is 2. The van der Waals surface area contributed by atoms with Gasteiger partial charge in [-0.05, 0) is 29.9 Å². The number of fused-ring (bicyclic) bond motifs is 1. The van der Waals surface area contributed by atoms with E-state index in [9.17, 15) is 9.59 Å². The monoisotopic (exact) mass is 362 g/mol. The van der Waals surface area contributed by atoms with Gasteiger partial charge in [-0.1, -0.05) is 19.9 Å². The van der Waals surface area contributed by atoms with Gasteiger partial charge in [0.15, 0.2) is 0 Å². The highest BCUT2D eigenvalue weighted by atomic mass is 32.1. The van der Waals surface area contributed by atoms with Crippen molar-refractivity contribution in [3.8, 4) is 0 Å². The number of carbonyl (C=O) groups excluding carboxylic acids is 1. The predicted molar refractivity (Wildman–Crippen MR) is 97.2 cm³/mol. The Hall–Kier alpha value is -1.99. The smallest absolute Gasteiger partial charge is 0.348 e. The zero-order valence-electron chi connectivity index (χ0n) is 13.7. The van der Waals surface area contributed by atoms with Crippen LogP contribution in [-0.2, 0) is 11.3 Å². The highest BCUT2D eigenvalue weighted by Gasteiger charge is 2.20. The zero-order valence-corrected chi connectivity index (χ0v) is 15.4. The number of rotatable bonds is 5. The SMILES string of the molecule is Cc1c(C(=O)OCC(C)C)sc2ncn(Cc3cccs3)c(=O)c12. The second-order valence-electron chi connectivity index (χ2n) is 5.99. The predicted octanol–water partition coefficient (Wildman–Crippen LogP) is 3.69. The van der Waals surface area contributed by atoms with Gasteiger partial charge in [-0.3, -0.25) is 9.36 Å². The van der Waals surface area contributed by atoms with E-state index in [1.807, 2.05) is 31.4 Å². The van der Waals surface area contributed by atoms with Crippen LogP contribution in [0.3, 0.4) is 0 Å². The molecular weight excluding hydrogens is 344 g/mol. The molecule has 0 saturated carbocycles. The third-order valence-corrected chi connectivity index (χ3v) is 5.60. The molecule has 3 aromatic heterocycles. The quantitative estimate of drug-likeness (QED) is 0.650. The maximum atomic E-state index is 12.8. The minimum Gasteiger partial charge on any atom is -0.461 e. The van der Waals surface area contributed by atoms with E-state index in [0.717, 1.165) is 4.88 Å². The van der Waals surface area contributed by atoms with Gasteiger partial charge in [-0.25, -0.2) is 9.78 Å². The molecule has 3 heterocycles. The summed E-state index contributed by atoms with van der Waals surface area (Å²) in [6.07, 6.45) is 1.55. The van der Waals surface area contributed by atoms with Crippen molar-refractivity contribution in [3.05, 3.63) is 49.5 Å². The van der Waals surface area contributed by atoms with Crippen LogP contribution in [0.2, 0.25) is 0 Å². The normalized spacial score (nSPS) is 11.3. The molecule has 7 heteroatoms. The molecule has 0 radical (unpaired) electrons. The van der Waals surface area contributed by atoms with Crippen LogP contribution in [0.4, 0.5) is 0 Å². The fourth-order valence-corrected chi connectivity index (χ4v) is 4.08. The molecule has 0 fully saturated rings. The molecule has 3 aromatic rings. The lowest BCUT2D eigenvalue weighted by Crippen LogP contribution is -2.20. The van der Waals surface area contributed by atoms with Crippen molar-refractivity contribution >= 4 is 38.9 Å². The fourth-order valence-electron chi connectivity index (χ4n) is 2.34. The first-order valence-corrected chi connectivity index (χ1v) is 9.35. The van der Waals surface area contributed by atoms with Crippen LogP contribution in [-0.4, -0.2) is 22.1 Å². The number of aromatic nitrogens is 2. The molecule has 0 aliphatic carbocycles. The van der Waals surface area contributed by atoms with Crippen molar-refractivity contribution in [1.82, 2.24) is 9.55 Å². The van der Waals surface area contributed by atoms with Crippen LogP contribution in [0, 0.1) is 12.8 Å². The minimum atomic E-state index is -0.381. The summed E-state index contributed by atoms with van der Waals surface area (Å²) in [4.78, 5) is 31.5. The minimum absolute atomic E-state index is 0.120. The standard InChI is InChI=1S/C17H18N2O3S2/c1-10(2)8-22-17(21)14-11(3)13-15(24-14)18-9-19(16(13)20)7-12-5-4-6-23-12/h4-6,9-10H,7-8H2,1-3H3. The van der Waals surface area contributed by atoms with E-state index >= 15 is 0 Å². The first-order valence-electron chi connectivity index (χ1n) is 7.65. The van der Waals surface area contributed by atoms with Gasteiger partial charge in [-0.2, -0.15) is 0 Å². The molecule has 0 bridgehead atoms. The van der Waals surface area contributed by atoms with Gasteiger partial charge in [0.25, 0.3) is 5.56 Å². The number of carbonyl (C=O) groups is 1. The Kier molecular flexibility index (Phi) is 4.82. The van der Waals surface area contributed by atoms with Crippen LogP contribution in [0.5, 0.6) is 0 Å². The van der Waals surface area contributed by atoms with Crippen molar-refractivity contribution in [3.63, 3.8) is 0 Å². The van der Waals surface area contributed by atoms with Crippen molar-refractivity contribution in [2.24, 2.45) is 5.92 Å². The molecule has 24 heavy (non-hydrogen) atoms. The Balaban J connectivity index is 1.98. The number of hydrogen-bond donors (Lipinski definition) is 0. The summed E-state index contributed by atoms with van der Waals surface area (Å²) in [5.41, 5.74) is 0.534. The second kappa shape index (κ2) is 6.86. The first kappa shape index (κ1) is 16.9. The highest BCUT2D eigenvalue weighted by molar-refractivity contribution is 7.20. The van der Waals surface area contributed by atoms with Crippen molar-refractivity contribution in [2.45, 2.75) is 27.3 Å². The van der Waals surface area contributed by atoms with Crippen molar-refractivity contribution in [1.29, 1.82) is 0 Å². The molecule has 0 aliphatic rings. The van der Waals surface area contributed by atoms with E-state index in [0.29, 0.717) is 33.8 Å². The molecular formula is C17H18N2O3S2. The van der Waals surface area contributed by atoms with Gasteiger partial charge in [0.1, 0.15) is 9.71 Å². The molecule has 126 valence electrons. The molecule has 0 spiro atoms. The number of nitrogens with zero attached hydrogens (tertiary/aromatic N) is 2. The second-order valence-corrected chi connectivity index (χ2v) is 8.02. The fraction of sp³-hybridized carbons (Fsp3) is 0.353. The third kappa shape index (κ3) is 3.27. The van der Waals surface area contributed by atoms with Crippen LogP contribution < -0.4 is 5.56 Å². The number of esters is 1. The van der Waals surface area contributed by atoms with E-state index in [1.165, 1.54) is 11.3 Å². The van der Waals surface area contributed by atoms with Crippen LogP contribution in [0.1, 0.15) is 34.0 Å². The maximum Gasteiger partial charge on any atom is 0.348 e. The average Bonchev–Trinajstić information content (AvgIpc) is 3.16. The van der Waals surface area contributed by atoms with Crippen molar-refractivity contribution in [2.75, 3.05) is 6.61 Å². The largest absolute Gasteiger partial charge is 0.461 e. The summed E-state index contributed by atoms with van der Waals surface area (Å²) in [7, 11) is 0. The molecule has 5 nitrogen and oxygen atoms in total. The molecule has 0 saturated heterocycles. The molecule has 0 atom stereocenters. The van der Waals surface area contributed by atoms with E-state index in [4.69, 9.17) is 4.74 Å². The van der Waals surface area contributed by atoms with Gasteiger partial charge in [0, 0.05) is 4.88 Å². The summed E-state index contributed by atoms with van der Waals surface area (Å²) in [6.45, 7) is 6.60. The first-order chi connectivity index (χ1) is 11.5. The van der Waals surface area contributed by atoms with E-state index in [1.54, 1.807) is 29.2 Å². The Labute approximate surface area is 147 Å². The van der Waals surface area contributed by atoms with E-state index < -0.39 is 0 Å². The summed E-state index contributed by atoms with van der Waals surface area (Å²) < 4.78 is 6.87. The summed E-state index contributed by atoms with van der Waals surface area (Å²) in [5, 5.41) is 2.49. The molecule has 0 N–H and O–H groups in total. The highest BCUT2D eigenvalue weighted by Crippen LogP contribution is 2.27. The van der Waals surface area contributed by atoms with Crippen LogP contribution in [0.15, 0.2) is 28.6 Å². The topological polar surface area (TPSA) is 61.2 Å². The van der Waals surface area contributed by atoms with E-state index in [2.05, 4.69) is 4.98 Å². The van der Waals surface area contributed by atoms with Gasteiger partial charge in [0.05, 0.1) is 24.9 Å². The lowest BCUT2D eigenvalue weighted by atomic mass is 10.2. The molecule has 0 unspecified atom stereocenters. The molecule has 3 rings (SSSR count). The Bertz CT molecular complexity index is 923. The summed E-state index contributed by atoms with van der Waals surface area (Å²) in [6, 6.07) is 3.94. The Morgan fingerprint density at radius 2 is 2.21 bits per heavy atom. The lowest BCUT2D eigenvalue weighted by molar-refractivity contribution is 0.0464. The third-order valence-electron chi connectivity index (χ3n) is 3.56. The number of ether oxygens (including phenoxy) is 1. The summed E-state index contributed by atoms with van der Waals surface area (Å²) in [5.74, 6) is -0.113. The maximum absolute atomic E-state index is 12.8. The summed E-state index contributed by atoms with van der Waals surface area (Å²) >= 11 is 2.81. The Morgan fingerprint density at radius 1 is 1.42 bits per heavy atom. The Morgan fingerprint density at radius 3 is 2.88 bits per heavy atom. The zero-order chi connectivity index (χ0) is 17.3. The number of hydrogen-bond acceptors (Lipinski definition) is 6. The average molecular weight is 362 g/mol. The van der Waals surface area contributed by atoms with Gasteiger partial charge in [0.2, 0.25) is 0 Å². The molecule has 0 aliphatic heterocycles. The lowest BCUT2D eigenvalue weighted by Gasteiger charge is -2.06. The van der Waals surface area contributed by atoms with Crippen molar-refractivity contribution < 1.29 is 9.53 Å². The molecule has 0 aromatic carbocycles. The van der Waals surface area contributed by atoms with Gasteiger partial charge < -0.3 is 4.74 Å².